The first-order valence-corrected chi connectivity index (χ1v) is 7.93. The Bertz CT molecular complexity index is 723. The molecule has 0 saturated heterocycles. The molecular weight excluding hydrogens is 333 g/mol. The summed E-state index contributed by atoms with van der Waals surface area (Å²) in [4.78, 5) is 0.501. The molecule has 0 spiro atoms. The van der Waals surface area contributed by atoms with E-state index >= 15 is 0 Å². The third-order valence-corrected chi connectivity index (χ3v) is 5.15. The van der Waals surface area contributed by atoms with Gasteiger partial charge in [0.05, 0.1) is 15.6 Å². The van der Waals surface area contributed by atoms with Gasteiger partial charge in [-0.15, -0.1) is 0 Å². The summed E-state index contributed by atoms with van der Waals surface area (Å²) in [6.07, 6.45) is 0. The SMILES string of the molecule is CN(c1ccc2c(c1)OCO2)S(=O)c1ccc(Cl)cc1Cl. The van der Waals surface area contributed by atoms with Crippen molar-refractivity contribution in [3.8, 4) is 11.5 Å². The van der Waals surface area contributed by atoms with E-state index in [9.17, 15) is 4.21 Å². The summed E-state index contributed by atoms with van der Waals surface area (Å²) in [5.74, 6) is 1.32. The second-order valence-electron chi connectivity index (χ2n) is 4.36. The van der Waals surface area contributed by atoms with Crippen LogP contribution in [0, 0.1) is 0 Å². The van der Waals surface area contributed by atoms with Crippen LogP contribution >= 0.6 is 23.2 Å². The van der Waals surface area contributed by atoms with E-state index in [-0.39, 0.29) is 6.79 Å². The maximum absolute atomic E-state index is 12.6. The second kappa shape index (κ2) is 5.75. The molecule has 110 valence electrons. The number of fused-ring (bicyclic) bond motifs is 1. The highest BCUT2D eigenvalue weighted by Gasteiger charge is 2.19. The van der Waals surface area contributed by atoms with E-state index in [1.807, 2.05) is 6.07 Å². The molecule has 0 N–H and O–H groups in total. The van der Waals surface area contributed by atoms with Crippen LogP contribution in [0.15, 0.2) is 41.3 Å². The molecule has 0 bridgehead atoms. The predicted octanol–water partition coefficient (Wildman–Crippen LogP) is 3.88. The van der Waals surface area contributed by atoms with Gasteiger partial charge < -0.3 is 9.47 Å². The summed E-state index contributed by atoms with van der Waals surface area (Å²) in [6.45, 7) is 0.203. The lowest BCUT2D eigenvalue weighted by atomic mass is 10.3. The number of hydrogen-bond donors (Lipinski definition) is 0. The monoisotopic (exact) mass is 343 g/mol. The highest BCUT2D eigenvalue weighted by atomic mass is 35.5. The number of benzene rings is 2. The molecule has 7 heteroatoms. The fourth-order valence-electron chi connectivity index (χ4n) is 1.94. The Kier molecular flexibility index (Phi) is 3.97. The average molecular weight is 344 g/mol. The van der Waals surface area contributed by atoms with E-state index in [4.69, 9.17) is 32.7 Å². The van der Waals surface area contributed by atoms with Crippen LogP contribution in [-0.2, 0) is 11.0 Å². The van der Waals surface area contributed by atoms with Crippen LogP contribution < -0.4 is 13.8 Å². The molecule has 1 unspecified atom stereocenters. The highest BCUT2D eigenvalue weighted by Crippen LogP contribution is 2.36. The van der Waals surface area contributed by atoms with Crippen LogP contribution in [0.25, 0.3) is 0 Å². The minimum absolute atomic E-state index is 0.203. The lowest BCUT2D eigenvalue weighted by Crippen LogP contribution is -2.20. The zero-order chi connectivity index (χ0) is 15.0. The van der Waals surface area contributed by atoms with Crippen LogP contribution in [0.4, 0.5) is 5.69 Å². The van der Waals surface area contributed by atoms with Gasteiger partial charge in [0.2, 0.25) is 6.79 Å². The summed E-state index contributed by atoms with van der Waals surface area (Å²) in [6, 6.07) is 10.3. The Morgan fingerprint density at radius 1 is 1.10 bits per heavy atom. The number of nitrogens with zero attached hydrogens (tertiary/aromatic N) is 1. The summed E-state index contributed by atoms with van der Waals surface area (Å²) >= 11 is 12.0. The van der Waals surface area contributed by atoms with Crippen molar-refractivity contribution in [1.82, 2.24) is 0 Å². The van der Waals surface area contributed by atoms with Gasteiger partial charge in [0.1, 0.15) is 0 Å². The van der Waals surface area contributed by atoms with Crippen LogP contribution in [-0.4, -0.2) is 18.0 Å². The van der Waals surface area contributed by atoms with E-state index in [0.29, 0.717) is 26.4 Å². The molecule has 0 aromatic heterocycles. The van der Waals surface area contributed by atoms with E-state index in [2.05, 4.69) is 0 Å². The molecule has 0 saturated carbocycles. The average Bonchev–Trinajstić information content (AvgIpc) is 2.93. The van der Waals surface area contributed by atoms with Crippen LogP contribution in [0.2, 0.25) is 10.0 Å². The first-order chi connectivity index (χ1) is 10.1. The van der Waals surface area contributed by atoms with E-state index in [1.165, 1.54) is 0 Å². The number of ether oxygens (including phenoxy) is 2. The predicted molar refractivity (Wildman–Crippen MR) is 83.8 cm³/mol. The van der Waals surface area contributed by atoms with E-state index in [1.54, 1.807) is 41.7 Å². The van der Waals surface area contributed by atoms with Crippen molar-refractivity contribution < 1.29 is 13.7 Å². The first kappa shape index (κ1) is 14.5. The van der Waals surface area contributed by atoms with Gasteiger partial charge in [-0.2, -0.15) is 0 Å². The van der Waals surface area contributed by atoms with Crippen molar-refractivity contribution in [2.24, 2.45) is 0 Å². The van der Waals surface area contributed by atoms with Crippen molar-refractivity contribution in [3.63, 3.8) is 0 Å². The summed E-state index contributed by atoms with van der Waals surface area (Å²) in [5.41, 5.74) is 0.739. The Hall–Kier alpha value is -1.43. The van der Waals surface area contributed by atoms with Crippen LogP contribution in [0.5, 0.6) is 11.5 Å². The van der Waals surface area contributed by atoms with Gasteiger partial charge in [0.25, 0.3) is 0 Å². The van der Waals surface area contributed by atoms with Crippen molar-refractivity contribution in [2.75, 3.05) is 18.1 Å². The number of halogens is 2. The normalized spacial score (nSPS) is 14.0. The van der Waals surface area contributed by atoms with Gasteiger partial charge in [-0.05, 0) is 30.3 Å². The Morgan fingerprint density at radius 2 is 1.86 bits per heavy atom. The summed E-state index contributed by atoms with van der Waals surface area (Å²) in [5, 5.41) is 0.875. The van der Waals surface area contributed by atoms with Gasteiger partial charge in [-0.3, -0.25) is 4.31 Å². The highest BCUT2D eigenvalue weighted by molar-refractivity contribution is 7.86. The van der Waals surface area contributed by atoms with Crippen molar-refractivity contribution >= 4 is 39.9 Å². The van der Waals surface area contributed by atoms with Crippen molar-refractivity contribution in [1.29, 1.82) is 0 Å². The lowest BCUT2D eigenvalue weighted by Gasteiger charge is -2.19. The zero-order valence-corrected chi connectivity index (χ0v) is 13.3. The lowest BCUT2D eigenvalue weighted by molar-refractivity contribution is 0.174. The van der Waals surface area contributed by atoms with Crippen LogP contribution in [0.3, 0.4) is 0 Å². The maximum atomic E-state index is 12.6. The fraction of sp³-hybridized carbons (Fsp3) is 0.143. The van der Waals surface area contributed by atoms with Gasteiger partial charge in [-0.25, -0.2) is 4.21 Å². The molecule has 1 aliphatic heterocycles. The molecule has 0 fully saturated rings. The number of anilines is 1. The smallest absolute Gasteiger partial charge is 0.231 e. The third kappa shape index (κ3) is 2.81. The van der Waals surface area contributed by atoms with E-state index < -0.39 is 11.0 Å². The third-order valence-electron chi connectivity index (χ3n) is 3.05. The second-order valence-corrected chi connectivity index (χ2v) is 6.69. The van der Waals surface area contributed by atoms with Crippen molar-refractivity contribution in [3.05, 3.63) is 46.4 Å². The fourth-order valence-corrected chi connectivity index (χ4v) is 3.56. The molecule has 21 heavy (non-hydrogen) atoms. The van der Waals surface area contributed by atoms with Crippen LogP contribution in [0.1, 0.15) is 0 Å². The molecule has 2 aromatic carbocycles. The molecule has 0 aliphatic carbocycles. The molecular formula is C14H11Cl2NO3S. The minimum atomic E-state index is -1.45. The van der Waals surface area contributed by atoms with Gasteiger partial charge in [-0.1, -0.05) is 23.2 Å². The van der Waals surface area contributed by atoms with Gasteiger partial charge in [0, 0.05) is 18.1 Å². The quantitative estimate of drug-likeness (QED) is 0.848. The van der Waals surface area contributed by atoms with E-state index in [0.717, 1.165) is 5.69 Å². The minimum Gasteiger partial charge on any atom is -0.454 e. The van der Waals surface area contributed by atoms with Gasteiger partial charge in [0.15, 0.2) is 22.5 Å². The summed E-state index contributed by atoms with van der Waals surface area (Å²) in [7, 11) is 0.272. The molecule has 2 aromatic rings. The Balaban J connectivity index is 1.90. The number of hydrogen-bond acceptors (Lipinski definition) is 3. The number of rotatable bonds is 3. The van der Waals surface area contributed by atoms with Crippen molar-refractivity contribution in [2.45, 2.75) is 4.90 Å². The molecule has 0 radical (unpaired) electrons. The summed E-state index contributed by atoms with van der Waals surface area (Å²) < 4.78 is 24.8. The molecule has 4 nitrogen and oxygen atoms in total. The molecule has 1 heterocycles. The molecule has 1 atom stereocenters. The zero-order valence-electron chi connectivity index (χ0n) is 11.0. The standard InChI is InChI=1S/C14H11Cl2NO3S/c1-17(10-3-4-12-13(7-10)20-8-19-12)21(18)14-5-2-9(15)6-11(14)16/h2-7H,8H2,1H3. The molecule has 1 aliphatic rings. The molecule has 0 amide bonds. The molecule has 3 rings (SSSR count). The topological polar surface area (TPSA) is 38.8 Å². The first-order valence-electron chi connectivity index (χ1n) is 6.06. The maximum Gasteiger partial charge on any atom is 0.231 e. The largest absolute Gasteiger partial charge is 0.454 e. The Labute approximate surface area is 134 Å². The van der Waals surface area contributed by atoms with Gasteiger partial charge >= 0.3 is 0 Å². The Morgan fingerprint density at radius 3 is 2.62 bits per heavy atom.